The van der Waals surface area contributed by atoms with E-state index in [0.29, 0.717) is 50.5 Å². The van der Waals surface area contributed by atoms with E-state index in [9.17, 15) is 15.0 Å². The molecular formula is C16H24N2O5. The fourth-order valence-electron chi connectivity index (χ4n) is 3.62. The van der Waals surface area contributed by atoms with E-state index in [1.807, 2.05) is 0 Å². The summed E-state index contributed by atoms with van der Waals surface area (Å²) in [5.74, 6) is 0.562. The van der Waals surface area contributed by atoms with Gasteiger partial charge < -0.3 is 24.3 Å². The van der Waals surface area contributed by atoms with Crippen molar-refractivity contribution in [2.24, 2.45) is 0 Å². The summed E-state index contributed by atoms with van der Waals surface area (Å²) in [4.78, 5) is 18.4. The van der Waals surface area contributed by atoms with Gasteiger partial charge in [-0.2, -0.15) is 0 Å². The minimum atomic E-state index is -1.15. The van der Waals surface area contributed by atoms with Crippen molar-refractivity contribution in [3.8, 4) is 0 Å². The second-order valence-corrected chi connectivity index (χ2v) is 6.86. The minimum absolute atomic E-state index is 0.185. The Labute approximate surface area is 135 Å². The number of ether oxygens (including phenoxy) is 1. The topological polar surface area (TPSA) is 96.0 Å². The van der Waals surface area contributed by atoms with Crippen molar-refractivity contribution in [3.63, 3.8) is 0 Å². The van der Waals surface area contributed by atoms with Crippen molar-refractivity contribution in [2.45, 2.75) is 57.3 Å². The number of piperidine rings is 1. The molecule has 2 atom stereocenters. The van der Waals surface area contributed by atoms with Gasteiger partial charge in [-0.3, -0.25) is 4.79 Å². The Bertz CT molecular complexity index is 602. The van der Waals surface area contributed by atoms with E-state index in [-0.39, 0.29) is 11.7 Å². The molecule has 2 aliphatic rings. The largest absolute Gasteiger partial charge is 0.436 e. The van der Waals surface area contributed by atoms with Crippen molar-refractivity contribution in [2.75, 3.05) is 19.7 Å². The molecule has 128 valence electrons. The Hall–Kier alpha value is -1.44. The number of carbonyl (C=O) groups excluding carboxylic acids is 1. The number of nitrogens with zero attached hydrogens (tertiary/aromatic N) is 2. The van der Waals surface area contributed by atoms with Crippen LogP contribution in [0.4, 0.5) is 0 Å². The highest BCUT2D eigenvalue weighted by atomic mass is 16.5. The third kappa shape index (κ3) is 2.77. The van der Waals surface area contributed by atoms with Gasteiger partial charge in [-0.05, 0) is 26.7 Å². The van der Waals surface area contributed by atoms with Gasteiger partial charge in [-0.1, -0.05) is 0 Å². The van der Waals surface area contributed by atoms with Gasteiger partial charge in [0.05, 0.1) is 17.9 Å². The highest BCUT2D eigenvalue weighted by Gasteiger charge is 2.53. The number of likely N-dealkylation sites (tertiary alicyclic amines) is 1. The first kappa shape index (κ1) is 16.4. The molecule has 3 rings (SSSR count). The molecule has 1 aromatic rings. The molecule has 7 nitrogen and oxygen atoms in total. The monoisotopic (exact) mass is 324 g/mol. The standard InChI is InChI=1S/C16H24N2O5/c1-10-12(23-11(2)17-10)13(19)18-7-4-16(5-8-18)14(20)15(3,21)6-9-22-16/h14,20-21H,4-9H2,1-3H3/t14-,15+/m0/s1. The maximum atomic E-state index is 12.6. The first-order valence-electron chi connectivity index (χ1n) is 8.03. The number of aliphatic hydroxyl groups is 2. The highest BCUT2D eigenvalue weighted by Crippen LogP contribution is 2.40. The number of aryl methyl sites for hydroxylation is 2. The molecule has 2 fully saturated rings. The second kappa shape index (κ2) is 5.58. The smallest absolute Gasteiger partial charge is 0.291 e. The molecule has 0 aromatic carbocycles. The lowest BCUT2D eigenvalue weighted by Crippen LogP contribution is -2.64. The Morgan fingerprint density at radius 1 is 1.30 bits per heavy atom. The molecule has 1 aromatic heterocycles. The summed E-state index contributed by atoms with van der Waals surface area (Å²) in [5.41, 5.74) is -1.33. The van der Waals surface area contributed by atoms with Gasteiger partial charge in [-0.15, -0.1) is 0 Å². The molecule has 1 spiro atoms. The Morgan fingerprint density at radius 3 is 2.52 bits per heavy atom. The lowest BCUT2D eigenvalue weighted by atomic mass is 9.75. The van der Waals surface area contributed by atoms with Crippen LogP contribution >= 0.6 is 0 Å². The fraction of sp³-hybridized carbons (Fsp3) is 0.750. The molecule has 0 saturated carbocycles. The second-order valence-electron chi connectivity index (χ2n) is 6.86. The van der Waals surface area contributed by atoms with Crippen LogP contribution in [0, 0.1) is 13.8 Å². The molecule has 0 bridgehead atoms. The van der Waals surface area contributed by atoms with Crippen LogP contribution in [-0.4, -0.2) is 63.0 Å². The Balaban J connectivity index is 1.71. The van der Waals surface area contributed by atoms with Crippen LogP contribution in [-0.2, 0) is 4.74 Å². The van der Waals surface area contributed by atoms with Gasteiger partial charge in [0.15, 0.2) is 5.89 Å². The molecule has 0 unspecified atom stereocenters. The lowest BCUT2D eigenvalue weighted by Gasteiger charge is -2.51. The average molecular weight is 324 g/mol. The molecule has 2 aliphatic heterocycles. The molecule has 2 saturated heterocycles. The van der Waals surface area contributed by atoms with E-state index in [2.05, 4.69) is 4.98 Å². The predicted octanol–water partition coefficient (Wildman–Crippen LogP) is 0.798. The number of rotatable bonds is 1. The molecule has 1 amide bonds. The van der Waals surface area contributed by atoms with Crippen LogP contribution in [0.5, 0.6) is 0 Å². The quantitative estimate of drug-likeness (QED) is 0.793. The maximum Gasteiger partial charge on any atom is 0.291 e. The summed E-state index contributed by atoms with van der Waals surface area (Å²) in [5, 5.41) is 20.8. The van der Waals surface area contributed by atoms with Gasteiger partial charge in [0.1, 0.15) is 11.7 Å². The molecule has 2 N–H and O–H groups in total. The van der Waals surface area contributed by atoms with Crippen molar-refractivity contribution in [3.05, 3.63) is 17.3 Å². The Morgan fingerprint density at radius 2 is 1.96 bits per heavy atom. The summed E-state index contributed by atoms with van der Waals surface area (Å²) >= 11 is 0. The maximum absolute atomic E-state index is 12.6. The van der Waals surface area contributed by atoms with Crippen molar-refractivity contribution in [1.29, 1.82) is 0 Å². The molecular weight excluding hydrogens is 300 g/mol. The number of oxazole rings is 1. The van der Waals surface area contributed by atoms with E-state index < -0.39 is 17.3 Å². The molecule has 0 aliphatic carbocycles. The molecule has 3 heterocycles. The van der Waals surface area contributed by atoms with Crippen LogP contribution in [0.3, 0.4) is 0 Å². The summed E-state index contributed by atoms with van der Waals surface area (Å²) in [6, 6.07) is 0. The van der Waals surface area contributed by atoms with E-state index in [4.69, 9.17) is 9.15 Å². The zero-order chi connectivity index (χ0) is 16.8. The van der Waals surface area contributed by atoms with Gasteiger partial charge in [0.2, 0.25) is 5.76 Å². The van der Waals surface area contributed by atoms with Crippen LogP contribution in [0.1, 0.15) is 48.3 Å². The zero-order valence-electron chi connectivity index (χ0n) is 13.8. The van der Waals surface area contributed by atoms with E-state index in [1.165, 1.54) is 0 Å². The minimum Gasteiger partial charge on any atom is -0.436 e. The Kier molecular flexibility index (Phi) is 3.98. The number of amides is 1. The fourth-order valence-corrected chi connectivity index (χ4v) is 3.62. The number of aromatic nitrogens is 1. The number of aliphatic hydroxyl groups excluding tert-OH is 1. The molecule has 23 heavy (non-hydrogen) atoms. The SMILES string of the molecule is Cc1nc(C)c(C(=O)N2CCC3(CC2)OCC[C@@](C)(O)[C@@H]3O)o1. The lowest BCUT2D eigenvalue weighted by molar-refractivity contribution is -0.244. The number of hydrogen-bond donors (Lipinski definition) is 2. The van der Waals surface area contributed by atoms with Gasteiger partial charge in [-0.25, -0.2) is 4.98 Å². The first-order chi connectivity index (χ1) is 10.8. The predicted molar refractivity (Wildman–Crippen MR) is 81.0 cm³/mol. The summed E-state index contributed by atoms with van der Waals surface area (Å²) < 4.78 is 11.2. The zero-order valence-corrected chi connectivity index (χ0v) is 13.8. The van der Waals surface area contributed by atoms with Crippen molar-refractivity contribution >= 4 is 5.91 Å². The van der Waals surface area contributed by atoms with Crippen LogP contribution < -0.4 is 0 Å². The van der Waals surface area contributed by atoms with Crippen molar-refractivity contribution < 1.29 is 24.2 Å². The number of hydrogen-bond acceptors (Lipinski definition) is 6. The normalized spacial score (nSPS) is 30.7. The van der Waals surface area contributed by atoms with Gasteiger partial charge >= 0.3 is 0 Å². The summed E-state index contributed by atoms with van der Waals surface area (Å²) in [6.45, 7) is 6.42. The first-order valence-corrected chi connectivity index (χ1v) is 8.03. The number of carbonyl (C=O) groups is 1. The van der Waals surface area contributed by atoms with E-state index >= 15 is 0 Å². The third-order valence-electron chi connectivity index (χ3n) is 5.08. The third-order valence-corrected chi connectivity index (χ3v) is 5.08. The van der Waals surface area contributed by atoms with Crippen molar-refractivity contribution in [1.82, 2.24) is 9.88 Å². The average Bonchev–Trinajstić information content (AvgIpc) is 2.83. The summed E-state index contributed by atoms with van der Waals surface area (Å²) in [7, 11) is 0. The van der Waals surface area contributed by atoms with Crippen LogP contribution in [0.2, 0.25) is 0 Å². The highest BCUT2D eigenvalue weighted by molar-refractivity contribution is 5.92. The van der Waals surface area contributed by atoms with E-state index in [1.54, 1.807) is 25.7 Å². The van der Waals surface area contributed by atoms with Gasteiger partial charge in [0.25, 0.3) is 5.91 Å². The van der Waals surface area contributed by atoms with Gasteiger partial charge in [0, 0.05) is 26.4 Å². The van der Waals surface area contributed by atoms with Crippen LogP contribution in [0.25, 0.3) is 0 Å². The molecule has 0 radical (unpaired) electrons. The molecule has 7 heteroatoms. The van der Waals surface area contributed by atoms with E-state index in [0.717, 1.165) is 0 Å². The summed E-state index contributed by atoms with van der Waals surface area (Å²) in [6.07, 6.45) is 0.440. The van der Waals surface area contributed by atoms with Crippen LogP contribution in [0.15, 0.2) is 4.42 Å².